The third kappa shape index (κ3) is 4.29. The van der Waals surface area contributed by atoms with Crippen LogP contribution in [0.25, 0.3) is 0 Å². The molecule has 0 saturated heterocycles. The van der Waals surface area contributed by atoms with Gasteiger partial charge in [-0.15, -0.1) is 0 Å². The Morgan fingerprint density at radius 3 is 2.28 bits per heavy atom. The van der Waals surface area contributed by atoms with Gasteiger partial charge in [0.1, 0.15) is 11.5 Å². The molecule has 9 nitrogen and oxygen atoms in total. The third-order valence-electron chi connectivity index (χ3n) is 14.3. The molecule has 11 atom stereocenters. The fraction of sp³-hybridized carbons (Fsp3) is 0.703. The number of fused-ring (bicyclic) bond motifs is 7. The van der Waals surface area contributed by atoms with Gasteiger partial charge >= 0.3 is 11.9 Å². The van der Waals surface area contributed by atoms with E-state index in [1.165, 1.54) is 30.9 Å². The number of ether oxygens (including phenoxy) is 2. The number of aliphatic carboxylic acids is 1. The van der Waals surface area contributed by atoms with Crippen LogP contribution in [-0.4, -0.2) is 64.1 Å². The maximum atomic E-state index is 14.1. The largest absolute Gasteiger partial charge is 0.504 e. The second-order valence-corrected chi connectivity index (χ2v) is 16.3. The molecular formula is C37H50O9. The SMILES string of the molecule is COc1cc(C(=O)O[C@@H]2CC[C@@]3(C)[C@@H](CC[C@@]4(C)C5=CC(=O)[C@@H]6[C@](C)(CC[C@@H](O)[C@]6(C)CO)[C@H]5CC[C@H]34)[C@@]2(C)C(=O)O)ccc1O. The number of carboxylic acids is 1. The molecule has 4 N–H and O–H groups in total. The molecule has 6 rings (SSSR count). The number of allylic oxidation sites excluding steroid dienone is 2. The Bertz CT molecular complexity index is 1480. The van der Waals surface area contributed by atoms with Crippen LogP contribution in [-0.2, 0) is 14.3 Å². The average Bonchev–Trinajstić information content (AvgIpc) is 3.00. The first kappa shape index (κ1) is 33.0. The molecule has 0 bridgehead atoms. The summed E-state index contributed by atoms with van der Waals surface area (Å²) in [5.74, 6) is -2.02. The quantitative estimate of drug-likeness (QED) is 0.305. The molecule has 1 aromatic carbocycles. The predicted octanol–water partition coefficient (Wildman–Crippen LogP) is 5.54. The fourth-order valence-corrected chi connectivity index (χ4v) is 11.8. The molecule has 4 saturated carbocycles. The summed E-state index contributed by atoms with van der Waals surface area (Å²) in [5, 5.41) is 42.2. The summed E-state index contributed by atoms with van der Waals surface area (Å²) in [6.45, 7) is 10.0. The molecule has 0 aliphatic heterocycles. The van der Waals surface area contributed by atoms with Crippen molar-refractivity contribution < 1.29 is 44.3 Å². The van der Waals surface area contributed by atoms with Crippen LogP contribution < -0.4 is 4.74 Å². The monoisotopic (exact) mass is 638 g/mol. The molecule has 5 aliphatic carbocycles. The van der Waals surface area contributed by atoms with E-state index < -0.39 is 40.9 Å². The van der Waals surface area contributed by atoms with Gasteiger partial charge in [-0.05, 0) is 117 Å². The van der Waals surface area contributed by atoms with Gasteiger partial charge in [-0.25, -0.2) is 4.79 Å². The van der Waals surface area contributed by atoms with E-state index >= 15 is 0 Å². The second kappa shape index (κ2) is 10.8. The Hall–Kier alpha value is -2.91. The molecule has 9 heteroatoms. The van der Waals surface area contributed by atoms with Crippen molar-refractivity contribution in [3.8, 4) is 11.5 Å². The highest BCUT2D eigenvalue weighted by atomic mass is 16.5. The fourth-order valence-electron chi connectivity index (χ4n) is 11.8. The van der Waals surface area contributed by atoms with Crippen LogP contribution in [0.3, 0.4) is 0 Å². The number of methoxy groups -OCH3 is 1. The predicted molar refractivity (Wildman–Crippen MR) is 169 cm³/mol. The van der Waals surface area contributed by atoms with Crippen LogP contribution in [0.1, 0.15) is 96.3 Å². The van der Waals surface area contributed by atoms with Crippen molar-refractivity contribution in [1.82, 2.24) is 0 Å². The van der Waals surface area contributed by atoms with Crippen molar-refractivity contribution in [2.45, 2.75) is 98.2 Å². The Morgan fingerprint density at radius 1 is 0.935 bits per heavy atom. The van der Waals surface area contributed by atoms with E-state index in [2.05, 4.69) is 20.8 Å². The molecule has 1 aromatic rings. The van der Waals surface area contributed by atoms with Gasteiger partial charge in [-0.3, -0.25) is 9.59 Å². The zero-order valence-electron chi connectivity index (χ0n) is 28.0. The number of phenolic OH excluding ortho intramolecular Hbond substituents is 1. The minimum absolute atomic E-state index is 0.00458. The number of phenols is 1. The lowest BCUT2D eigenvalue weighted by atomic mass is 9.36. The first-order chi connectivity index (χ1) is 21.5. The van der Waals surface area contributed by atoms with Gasteiger partial charge in [0.15, 0.2) is 17.3 Å². The number of aliphatic hydroxyl groups excluding tert-OH is 2. The van der Waals surface area contributed by atoms with E-state index in [0.29, 0.717) is 25.7 Å². The number of carbonyl (C=O) groups is 3. The highest BCUT2D eigenvalue weighted by Crippen LogP contribution is 2.73. The number of aromatic hydroxyl groups is 1. The number of rotatable bonds is 5. The lowest BCUT2D eigenvalue weighted by Gasteiger charge is -2.68. The summed E-state index contributed by atoms with van der Waals surface area (Å²) in [5.41, 5.74) is -1.89. The van der Waals surface area contributed by atoms with Crippen molar-refractivity contribution >= 4 is 17.7 Å². The standard InChI is InChI=1S/C37H50O9/c1-33-14-11-27-35(3,16-13-29(37(27,5)32(43)44)46-31(42)20-7-9-23(39)25(17-20)45-6)26(33)10-8-21-22(33)18-24(40)30-34(21,2)15-12-28(41)36(30,4)19-38/h7,9,17-18,21,26-30,38-39,41H,8,10-16,19H2,1-6H3,(H,43,44)/t21-,26-,27+,28+,29+,30+,33-,34+,35+,36-,37+/m0/s1. The number of aliphatic hydroxyl groups is 2. The third-order valence-corrected chi connectivity index (χ3v) is 14.3. The number of carbonyl (C=O) groups excluding carboxylic acids is 2. The van der Waals surface area contributed by atoms with Gasteiger partial charge in [-0.2, -0.15) is 0 Å². The van der Waals surface area contributed by atoms with Crippen molar-refractivity contribution in [3.05, 3.63) is 35.4 Å². The Labute approximate surface area is 271 Å². The van der Waals surface area contributed by atoms with Gasteiger partial charge < -0.3 is 29.9 Å². The smallest absolute Gasteiger partial charge is 0.338 e. The number of ketones is 1. The van der Waals surface area contributed by atoms with E-state index in [1.807, 2.05) is 13.0 Å². The van der Waals surface area contributed by atoms with E-state index in [0.717, 1.165) is 25.7 Å². The highest BCUT2D eigenvalue weighted by Gasteiger charge is 2.69. The summed E-state index contributed by atoms with van der Waals surface area (Å²) < 4.78 is 11.2. The van der Waals surface area contributed by atoms with E-state index in [-0.39, 0.29) is 63.5 Å². The Balaban J connectivity index is 1.33. The van der Waals surface area contributed by atoms with Crippen LogP contribution in [0, 0.1) is 50.7 Å². The normalized spacial score (nSPS) is 44.9. The molecule has 0 unspecified atom stereocenters. The summed E-state index contributed by atoms with van der Waals surface area (Å²) in [6.07, 6.45) is 5.77. The van der Waals surface area contributed by atoms with Crippen LogP contribution in [0.4, 0.5) is 0 Å². The van der Waals surface area contributed by atoms with Crippen molar-refractivity contribution in [2.24, 2.45) is 50.7 Å². The molecule has 0 radical (unpaired) electrons. The van der Waals surface area contributed by atoms with Gasteiger partial charge in [-0.1, -0.05) is 33.3 Å². The number of carboxylic acid groups (broad SMARTS) is 1. The van der Waals surface area contributed by atoms with Crippen LogP contribution in [0.2, 0.25) is 0 Å². The molecule has 0 heterocycles. The molecule has 4 fully saturated rings. The van der Waals surface area contributed by atoms with Gasteiger partial charge in [0.05, 0.1) is 25.4 Å². The Morgan fingerprint density at radius 2 is 1.63 bits per heavy atom. The van der Waals surface area contributed by atoms with Crippen molar-refractivity contribution in [2.75, 3.05) is 13.7 Å². The van der Waals surface area contributed by atoms with Crippen LogP contribution >= 0.6 is 0 Å². The average molecular weight is 639 g/mol. The maximum absolute atomic E-state index is 14.1. The summed E-state index contributed by atoms with van der Waals surface area (Å²) in [4.78, 5) is 40.6. The number of hydrogen-bond acceptors (Lipinski definition) is 8. The summed E-state index contributed by atoms with van der Waals surface area (Å²) in [6, 6.07) is 4.19. The number of benzene rings is 1. The first-order valence-electron chi connectivity index (χ1n) is 16.9. The zero-order valence-corrected chi connectivity index (χ0v) is 28.0. The zero-order chi connectivity index (χ0) is 33.6. The minimum atomic E-state index is -1.32. The molecule has 0 amide bonds. The van der Waals surface area contributed by atoms with E-state index in [4.69, 9.17) is 9.47 Å². The summed E-state index contributed by atoms with van der Waals surface area (Å²) in [7, 11) is 1.39. The lowest BCUT2D eigenvalue weighted by Crippen LogP contribution is -2.66. The van der Waals surface area contributed by atoms with E-state index in [1.54, 1.807) is 6.92 Å². The number of hydrogen-bond donors (Lipinski definition) is 4. The van der Waals surface area contributed by atoms with Crippen molar-refractivity contribution in [3.63, 3.8) is 0 Å². The van der Waals surface area contributed by atoms with Crippen molar-refractivity contribution in [1.29, 1.82) is 0 Å². The second-order valence-electron chi connectivity index (χ2n) is 16.3. The van der Waals surface area contributed by atoms with Gasteiger partial charge in [0.2, 0.25) is 0 Å². The molecule has 252 valence electrons. The topological polar surface area (TPSA) is 151 Å². The molecular weight excluding hydrogens is 588 g/mol. The molecule has 0 spiro atoms. The minimum Gasteiger partial charge on any atom is -0.504 e. The first-order valence-corrected chi connectivity index (χ1v) is 16.9. The molecule has 5 aliphatic rings. The highest BCUT2D eigenvalue weighted by molar-refractivity contribution is 5.95. The number of esters is 1. The Kier molecular flexibility index (Phi) is 7.76. The van der Waals surface area contributed by atoms with E-state index in [9.17, 15) is 34.8 Å². The van der Waals surface area contributed by atoms with Crippen LogP contribution in [0.5, 0.6) is 11.5 Å². The molecule has 0 aromatic heterocycles. The molecule has 46 heavy (non-hydrogen) atoms. The maximum Gasteiger partial charge on any atom is 0.338 e. The van der Waals surface area contributed by atoms with Gasteiger partial charge in [0, 0.05) is 11.3 Å². The lowest BCUT2D eigenvalue weighted by molar-refractivity contribution is -0.205. The van der Waals surface area contributed by atoms with Crippen LogP contribution in [0.15, 0.2) is 29.8 Å². The summed E-state index contributed by atoms with van der Waals surface area (Å²) >= 11 is 0. The van der Waals surface area contributed by atoms with Gasteiger partial charge in [0.25, 0.3) is 0 Å².